The number of piperazine rings is 1. The van der Waals surface area contributed by atoms with E-state index in [1.54, 1.807) is 0 Å². The molecule has 4 nitrogen and oxygen atoms in total. The fourth-order valence-corrected chi connectivity index (χ4v) is 3.53. The summed E-state index contributed by atoms with van der Waals surface area (Å²) in [7, 11) is 0. The molecule has 1 saturated heterocycles. The zero-order valence-electron chi connectivity index (χ0n) is 13.1. The van der Waals surface area contributed by atoms with E-state index >= 15 is 0 Å². The summed E-state index contributed by atoms with van der Waals surface area (Å²) in [5.74, 6) is 0. The van der Waals surface area contributed by atoms with Crippen molar-refractivity contribution in [1.82, 2.24) is 20.0 Å². The Morgan fingerprint density at radius 1 is 1.35 bits per heavy atom. The van der Waals surface area contributed by atoms with Crippen LogP contribution in [0.1, 0.15) is 58.2 Å². The fourth-order valence-electron chi connectivity index (χ4n) is 3.53. The SMILES string of the molecule is CC1CNC(C)(C)CN1Cc1ccn(C2CCCC2)n1. The van der Waals surface area contributed by atoms with Gasteiger partial charge in [-0.1, -0.05) is 12.8 Å². The van der Waals surface area contributed by atoms with Gasteiger partial charge in [-0.3, -0.25) is 9.58 Å². The van der Waals surface area contributed by atoms with Gasteiger partial charge < -0.3 is 5.32 Å². The van der Waals surface area contributed by atoms with Crippen LogP contribution < -0.4 is 5.32 Å². The molecule has 20 heavy (non-hydrogen) atoms. The molecule has 1 aliphatic heterocycles. The topological polar surface area (TPSA) is 33.1 Å². The molecule has 1 aromatic rings. The molecule has 1 N–H and O–H groups in total. The van der Waals surface area contributed by atoms with E-state index in [2.05, 4.69) is 47.9 Å². The molecule has 0 bridgehead atoms. The van der Waals surface area contributed by atoms with Gasteiger partial charge in [0.25, 0.3) is 0 Å². The van der Waals surface area contributed by atoms with E-state index in [0.29, 0.717) is 12.1 Å². The lowest BCUT2D eigenvalue weighted by Gasteiger charge is -2.43. The first-order valence-electron chi connectivity index (χ1n) is 8.07. The molecular formula is C16H28N4. The number of nitrogens with one attached hydrogen (secondary N) is 1. The third-order valence-electron chi connectivity index (χ3n) is 4.83. The zero-order valence-corrected chi connectivity index (χ0v) is 13.1. The number of nitrogens with zero attached hydrogens (tertiary/aromatic N) is 3. The summed E-state index contributed by atoms with van der Waals surface area (Å²) in [5.41, 5.74) is 1.43. The Morgan fingerprint density at radius 3 is 2.85 bits per heavy atom. The van der Waals surface area contributed by atoms with Crippen molar-refractivity contribution < 1.29 is 0 Å². The van der Waals surface area contributed by atoms with Crippen LogP contribution in [0.2, 0.25) is 0 Å². The smallest absolute Gasteiger partial charge is 0.0765 e. The highest BCUT2D eigenvalue weighted by molar-refractivity contribution is 5.02. The van der Waals surface area contributed by atoms with Gasteiger partial charge in [-0.25, -0.2) is 0 Å². The van der Waals surface area contributed by atoms with E-state index in [1.807, 2.05) is 0 Å². The Bertz CT molecular complexity index is 445. The van der Waals surface area contributed by atoms with Crippen LogP contribution in [0.15, 0.2) is 12.3 Å². The summed E-state index contributed by atoms with van der Waals surface area (Å²) in [6.45, 7) is 10.00. The second-order valence-electron chi connectivity index (χ2n) is 7.24. The summed E-state index contributed by atoms with van der Waals surface area (Å²) < 4.78 is 2.21. The van der Waals surface area contributed by atoms with Crippen molar-refractivity contribution in [2.45, 2.75) is 70.6 Å². The minimum absolute atomic E-state index is 0.209. The van der Waals surface area contributed by atoms with Gasteiger partial charge in [0, 0.05) is 37.4 Å². The maximum Gasteiger partial charge on any atom is 0.0765 e. The van der Waals surface area contributed by atoms with Crippen molar-refractivity contribution >= 4 is 0 Å². The Hall–Kier alpha value is -0.870. The van der Waals surface area contributed by atoms with Crippen molar-refractivity contribution in [2.24, 2.45) is 0 Å². The molecule has 1 atom stereocenters. The largest absolute Gasteiger partial charge is 0.309 e. The van der Waals surface area contributed by atoms with Crippen LogP contribution in [0.4, 0.5) is 0 Å². The van der Waals surface area contributed by atoms with Crippen molar-refractivity contribution in [3.8, 4) is 0 Å². The lowest BCUT2D eigenvalue weighted by atomic mass is 9.99. The summed E-state index contributed by atoms with van der Waals surface area (Å²) in [5, 5.41) is 8.43. The first kappa shape index (κ1) is 14.1. The van der Waals surface area contributed by atoms with Gasteiger partial charge in [-0.15, -0.1) is 0 Å². The van der Waals surface area contributed by atoms with Gasteiger partial charge in [0.2, 0.25) is 0 Å². The van der Waals surface area contributed by atoms with Gasteiger partial charge in [0.05, 0.1) is 11.7 Å². The predicted molar refractivity (Wildman–Crippen MR) is 81.7 cm³/mol. The van der Waals surface area contributed by atoms with Crippen LogP contribution in [-0.2, 0) is 6.54 Å². The summed E-state index contributed by atoms with van der Waals surface area (Å²) in [6.07, 6.45) is 7.52. The van der Waals surface area contributed by atoms with Gasteiger partial charge in [0.15, 0.2) is 0 Å². The third kappa shape index (κ3) is 3.07. The molecule has 0 amide bonds. The lowest BCUT2D eigenvalue weighted by Crippen LogP contribution is -2.60. The van der Waals surface area contributed by atoms with Gasteiger partial charge in [0.1, 0.15) is 0 Å². The maximum absolute atomic E-state index is 4.82. The van der Waals surface area contributed by atoms with Crippen molar-refractivity contribution in [2.75, 3.05) is 13.1 Å². The molecule has 2 heterocycles. The molecule has 2 aliphatic rings. The fraction of sp³-hybridized carbons (Fsp3) is 0.812. The number of aromatic nitrogens is 2. The second kappa shape index (κ2) is 5.49. The van der Waals surface area contributed by atoms with Crippen molar-refractivity contribution in [1.29, 1.82) is 0 Å². The summed E-state index contributed by atoms with van der Waals surface area (Å²) in [6, 6.07) is 3.44. The zero-order chi connectivity index (χ0) is 14.2. The molecule has 1 unspecified atom stereocenters. The Kier molecular flexibility index (Phi) is 3.87. The highest BCUT2D eigenvalue weighted by Gasteiger charge is 2.30. The van der Waals surface area contributed by atoms with E-state index in [1.165, 1.54) is 31.4 Å². The van der Waals surface area contributed by atoms with E-state index in [9.17, 15) is 0 Å². The van der Waals surface area contributed by atoms with Crippen LogP contribution in [0.25, 0.3) is 0 Å². The number of rotatable bonds is 3. The molecule has 0 spiro atoms. The van der Waals surface area contributed by atoms with E-state index < -0.39 is 0 Å². The average Bonchev–Trinajstić information content (AvgIpc) is 3.03. The molecule has 0 aromatic carbocycles. The van der Waals surface area contributed by atoms with E-state index in [4.69, 9.17) is 5.10 Å². The predicted octanol–water partition coefficient (Wildman–Crippen LogP) is 2.57. The van der Waals surface area contributed by atoms with Crippen molar-refractivity contribution in [3.05, 3.63) is 18.0 Å². The van der Waals surface area contributed by atoms with Crippen LogP contribution >= 0.6 is 0 Å². The first-order chi connectivity index (χ1) is 9.53. The Morgan fingerprint density at radius 2 is 2.10 bits per heavy atom. The molecule has 3 rings (SSSR count). The molecule has 1 aromatic heterocycles. The highest BCUT2D eigenvalue weighted by atomic mass is 15.3. The van der Waals surface area contributed by atoms with Crippen LogP contribution in [0.3, 0.4) is 0 Å². The number of hydrogen-bond acceptors (Lipinski definition) is 3. The normalized spacial score (nSPS) is 28.1. The van der Waals surface area contributed by atoms with Crippen molar-refractivity contribution in [3.63, 3.8) is 0 Å². The van der Waals surface area contributed by atoms with E-state index in [0.717, 1.165) is 19.6 Å². The van der Waals surface area contributed by atoms with Crippen LogP contribution in [-0.4, -0.2) is 39.4 Å². The average molecular weight is 276 g/mol. The Labute approximate surface area is 122 Å². The van der Waals surface area contributed by atoms with Gasteiger partial charge >= 0.3 is 0 Å². The van der Waals surface area contributed by atoms with E-state index in [-0.39, 0.29) is 5.54 Å². The molecular weight excluding hydrogens is 248 g/mol. The minimum atomic E-state index is 0.209. The van der Waals surface area contributed by atoms with Crippen LogP contribution in [0.5, 0.6) is 0 Å². The monoisotopic (exact) mass is 276 g/mol. The van der Waals surface area contributed by atoms with Gasteiger partial charge in [-0.2, -0.15) is 5.10 Å². The standard InChI is InChI=1S/C16H28N4/c1-13-10-17-16(2,3)12-19(13)11-14-8-9-20(18-14)15-6-4-5-7-15/h8-9,13,15,17H,4-7,10-12H2,1-3H3. The molecule has 112 valence electrons. The van der Waals surface area contributed by atoms with Gasteiger partial charge in [-0.05, 0) is 39.7 Å². The Balaban J connectivity index is 1.64. The summed E-state index contributed by atoms with van der Waals surface area (Å²) in [4.78, 5) is 2.55. The lowest BCUT2D eigenvalue weighted by molar-refractivity contribution is 0.0962. The summed E-state index contributed by atoms with van der Waals surface area (Å²) >= 11 is 0. The number of hydrogen-bond donors (Lipinski definition) is 1. The second-order valence-corrected chi connectivity index (χ2v) is 7.24. The molecule has 1 aliphatic carbocycles. The highest BCUT2D eigenvalue weighted by Crippen LogP contribution is 2.29. The first-order valence-corrected chi connectivity index (χ1v) is 8.07. The molecule has 4 heteroatoms. The quantitative estimate of drug-likeness (QED) is 0.921. The molecule has 0 radical (unpaired) electrons. The third-order valence-corrected chi connectivity index (χ3v) is 4.83. The molecule has 1 saturated carbocycles. The molecule has 2 fully saturated rings. The minimum Gasteiger partial charge on any atom is -0.309 e. The maximum atomic E-state index is 4.82. The van der Waals surface area contributed by atoms with Crippen LogP contribution in [0, 0.1) is 0 Å².